The van der Waals surface area contributed by atoms with Gasteiger partial charge >= 0.3 is 0 Å². The minimum atomic E-state index is -0.489. The summed E-state index contributed by atoms with van der Waals surface area (Å²) in [5.74, 6) is -0.770. The third kappa shape index (κ3) is 4.26. The zero-order valence-corrected chi connectivity index (χ0v) is 16.3. The van der Waals surface area contributed by atoms with Crippen LogP contribution in [-0.4, -0.2) is 21.0 Å². The van der Waals surface area contributed by atoms with Crippen molar-refractivity contribution in [2.45, 2.75) is 6.54 Å². The maximum absolute atomic E-state index is 13.2. The van der Waals surface area contributed by atoms with Gasteiger partial charge in [-0.25, -0.2) is 9.37 Å². The number of pyridine rings is 2. The van der Waals surface area contributed by atoms with E-state index < -0.39 is 5.82 Å². The molecule has 1 aliphatic heterocycles. The molecule has 1 fully saturated rings. The Labute approximate surface area is 174 Å². The van der Waals surface area contributed by atoms with E-state index in [0.29, 0.717) is 32.4 Å². The van der Waals surface area contributed by atoms with Crippen molar-refractivity contribution in [2.24, 2.45) is 4.99 Å². The molecule has 0 saturated carbocycles. The van der Waals surface area contributed by atoms with Crippen molar-refractivity contribution in [1.82, 2.24) is 15.3 Å². The number of carbonyl (C=O) groups excluding carboxylic acids is 1. The van der Waals surface area contributed by atoms with Crippen LogP contribution in [0.1, 0.15) is 16.8 Å². The molecule has 0 unspecified atom stereocenters. The maximum atomic E-state index is 13.2. The van der Waals surface area contributed by atoms with E-state index in [1.807, 2.05) is 6.07 Å². The van der Waals surface area contributed by atoms with Crippen LogP contribution < -0.4 is 5.32 Å². The minimum absolute atomic E-state index is 0.0304. The van der Waals surface area contributed by atoms with Crippen LogP contribution in [0.4, 0.5) is 4.39 Å². The summed E-state index contributed by atoms with van der Waals surface area (Å²) in [4.78, 5) is 25.6. The van der Waals surface area contributed by atoms with Crippen molar-refractivity contribution in [2.75, 3.05) is 0 Å². The van der Waals surface area contributed by atoms with Crippen LogP contribution >= 0.6 is 23.4 Å². The predicted octanol–water partition coefficient (Wildman–Crippen LogP) is 4.05. The van der Waals surface area contributed by atoms with Gasteiger partial charge in [-0.1, -0.05) is 17.7 Å². The van der Waals surface area contributed by atoms with Gasteiger partial charge in [-0.05, 0) is 53.7 Å². The number of halogens is 2. The van der Waals surface area contributed by atoms with E-state index >= 15 is 0 Å². The van der Waals surface area contributed by atoms with Gasteiger partial charge in [-0.2, -0.15) is 5.26 Å². The van der Waals surface area contributed by atoms with Crippen LogP contribution in [0, 0.1) is 17.1 Å². The molecule has 1 aliphatic rings. The normalized spacial score (nSPS) is 16.4. The lowest BCUT2D eigenvalue weighted by molar-refractivity contribution is -0.115. The topological polar surface area (TPSA) is 91.0 Å². The predicted molar refractivity (Wildman–Crippen MR) is 111 cm³/mol. The second kappa shape index (κ2) is 7.99. The molecule has 0 atom stereocenters. The molecule has 2 aromatic heterocycles. The van der Waals surface area contributed by atoms with Crippen molar-refractivity contribution in [3.63, 3.8) is 0 Å². The van der Waals surface area contributed by atoms with Gasteiger partial charge in [-0.3, -0.25) is 14.8 Å². The second-order valence-electron chi connectivity index (χ2n) is 6.04. The molecule has 29 heavy (non-hydrogen) atoms. The fraction of sp³-hybridized carbons (Fsp3) is 0.0500. The third-order valence-corrected chi connectivity index (χ3v) is 5.24. The number of carbonyl (C=O) groups is 1. The molecule has 1 amide bonds. The van der Waals surface area contributed by atoms with E-state index in [1.165, 1.54) is 30.1 Å². The van der Waals surface area contributed by atoms with Crippen molar-refractivity contribution in [1.29, 1.82) is 5.26 Å². The van der Waals surface area contributed by atoms with Crippen LogP contribution in [0.3, 0.4) is 0 Å². The number of thioether (sulfide) groups is 1. The van der Waals surface area contributed by atoms with Gasteiger partial charge in [0.1, 0.15) is 11.9 Å². The molecule has 3 aromatic rings. The molecule has 142 valence electrons. The smallest absolute Gasteiger partial charge is 0.264 e. The molecule has 0 bridgehead atoms. The van der Waals surface area contributed by atoms with Gasteiger partial charge in [0, 0.05) is 6.20 Å². The zero-order valence-electron chi connectivity index (χ0n) is 14.7. The molecule has 1 aromatic carbocycles. The number of hydrogen-bond donors (Lipinski definition) is 1. The van der Waals surface area contributed by atoms with Crippen molar-refractivity contribution in [3.05, 3.63) is 75.2 Å². The Balaban J connectivity index is 1.54. The zero-order chi connectivity index (χ0) is 20.4. The Morgan fingerprint density at radius 1 is 1.28 bits per heavy atom. The lowest BCUT2D eigenvalue weighted by Gasteiger charge is -2.00. The highest BCUT2D eigenvalue weighted by Gasteiger charge is 2.23. The first-order valence-electron chi connectivity index (χ1n) is 8.38. The SMILES string of the molecule is N#Cc1cnc2ccc(C=C3SC(=NCc4ccc(F)c(Cl)c4)NC3=O)nc2c1. The highest BCUT2D eigenvalue weighted by molar-refractivity contribution is 8.18. The Morgan fingerprint density at radius 3 is 2.93 bits per heavy atom. The first-order chi connectivity index (χ1) is 14.0. The molecular formula is C20H11ClFN5OS. The van der Waals surface area contributed by atoms with E-state index in [-0.39, 0.29) is 17.5 Å². The summed E-state index contributed by atoms with van der Waals surface area (Å²) in [6.07, 6.45) is 3.13. The summed E-state index contributed by atoms with van der Waals surface area (Å²) < 4.78 is 13.2. The van der Waals surface area contributed by atoms with Crippen molar-refractivity contribution in [3.8, 4) is 6.07 Å². The van der Waals surface area contributed by atoms with E-state index in [0.717, 1.165) is 5.56 Å². The lowest BCUT2D eigenvalue weighted by atomic mass is 10.2. The van der Waals surface area contributed by atoms with Gasteiger partial charge in [0.2, 0.25) is 0 Å². The summed E-state index contributed by atoms with van der Waals surface area (Å²) in [6.45, 7) is 0.257. The number of fused-ring (bicyclic) bond motifs is 1. The van der Waals surface area contributed by atoms with E-state index in [4.69, 9.17) is 16.9 Å². The molecule has 0 aliphatic carbocycles. The van der Waals surface area contributed by atoms with Gasteiger partial charge in [0.05, 0.1) is 38.8 Å². The van der Waals surface area contributed by atoms with E-state index in [9.17, 15) is 9.18 Å². The van der Waals surface area contributed by atoms with Gasteiger partial charge in [0.15, 0.2) is 5.17 Å². The Bertz CT molecular complexity index is 1250. The standard InChI is InChI=1S/C20H11ClFN5OS/c21-14-5-11(1-3-15(14)22)9-25-20-27-19(28)18(29-20)7-13-2-4-16-17(26-13)6-12(8-23)10-24-16/h1-7,10H,9H2,(H,25,27,28). The number of amidine groups is 1. The number of rotatable bonds is 3. The number of aromatic nitrogens is 2. The number of amides is 1. The van der Waals surface area contributed by atoms with Gasteiger partial charge < -0.3 is 5.32 Å². The summed E-state index contributed by atoms with van der Waals surface area (Å²) in [5.41, 5.74) is 2.95. The van der Waals surface area contributed by atoms with Crippen molar-refractivity contribution >= 4 is 51.5 Å². The number of nitriles is 1. The molecule has 3 heterocycles. The minimum Gasteiger partial charge on any atom is -0.301 e. The Hall–Kier alpha value is -3.28. The third-order valence-electron chi connectivity index (χ3n) is 4.01. The molecule has 1 N–H and O–H groups in total. The van der Waals surface area contributed by atoms with Crippen LogP contribution in [0.5, 0.6) is 0 Å². The van der Waals surface area contributed by atoms with Gasteiger partial charge in [-0.15, -0.1) is 0 Å². The summed E-state index contributed by atoms with van der Waals surface area (Å²) in [5, 5.41) is 12.2. The molecule has 9 heteroatoms. The van der Waals surface area contributed by atoms with Crippen molar-refractivity contribution < 1.29 is 9.18 Å². The monoisotopic (exact) mass is 423 g/mol. The first-order valence-corrected chi connectivity index (χ1v) is 9.57. The molecule has 6 nitrogen and oxygen atoms in total. The number of hydrogen-bond acceptors (Lipinski definition) is 6. The molecular weight excluding hydrogens is 413 g/mol. The highest BCUT2D eigenvalue weighted by Crippen LogP contribution is 2.26. The summed E-state index contributed by atoms with van der Waals surface area (Å²) in [6, 6.07) is 11.6. The van der Waals surface area contributed by atoms with Crippen LogP contribution in [0.15, 0.2) is 52.5 Å². The number of nitrogens with zero attached hydrogens (tertiary/aromatic N) is 4. The number of aliphatic imine (C=N–C) groups is 1. The average molecular weight is 424 g/mol. The highest BCUT2D eigenvalue weighted by atomic mass is 35.5. The molecule has 4 rings (SSSR count). The van der Waals surface area contributed by atoms with E-state index in [1.54, 1.807) is 30.3 Å². The average Bonchev–Trinajstić information content (AvgIpc) is 3.07. The quantitative estimate of drug-likeness (QED) is 0.641. The summed E-state index contributed by atoms with van der Waals surface area (Å²) in [7, 11) is 0. The van der Waals surface area contributed by atoms with Crippen LogP contribution in [0.25, 0.3) is 17.1 Å². The molecule has 0 radical (unpaired) electrons. The lowest BCUT2D eigenvalue weighted by Crippen LogP contribution is -2.19. The second-order valence-corrected chi connectivity index (χ2v) is 7.48. The summed E-state index contributed by atoms with van der Waals surface area (Å²) >= 11 is 6.96. The van der Waals surface area contributed by atoms with Crippen LogP contribution in [0.2, 0.25) is 5.02 Å². The number of benzene rings is 1. The van der Waals surface area contributed by atoms with E-state index in [2.05, 4.69) is 20.3 Å². The fourth-order valence-corrected chi connectivity index (χ4v) is 3.61. The Kier molecular flexibility index (Phi) is 5.25. The Morgan fingerprint density at radius 2 is 2.14 bits per heavy atom. The first kappa shape index (κ1) is 19.1. The number of nitrogens with one attached hydrogen (secondary N) is 1. The molecule has 0 spiro atoms. The van der Waals surface area contributed by atoms with Gasteiger partial charge in [0.25, 0.3) is 5.91 Å². The largest absolute Gasteiger partial charge is 0.301 e. The van der Waals surface area contributed by atoms with Crippen LogP contribution in [-0.2, 0) is 11.3 Å². The molecule has 1 saturated heterocycles. The maximum Gasteiger partial charge on any atom is 0.264 e. The fourth-order valence-electron chi connectivity index (χ4n) is 2.60.